The molecule has 0 bridgehead atoms. The van der Waals surface area contributed by atoms with Gasteiger partial charge in [-0.3, -0.25) is 9.59 Å². The van der Waals surface area contributed by atoms with Gasteiger partial charge >= 0.3 is 0 Å². The number of carbonyl (C=O) groups excluding carboxylic acids is 2. The molecule has 0 aliphatic rings. The zero-order valence-corrected chi connectivity index (χ0v) is 12.7. The SMILES string of the molecule is CCCNC(=O)CN(CCC)C(=O)[C@@H](N)CC(C)C. The Kier molecular flexibility index (Phi) is 9.21. The minimum Gasteiger partial charge on any atom is -0.355 e. The highest BCUT2D eigenvalue weighted by Gasteiger charge is 2.22. The summed E-state index contributed by atoms with van der Waals surface area (Å²) in [4.78, 5) is 25.5. The number of nitrogens with two attached hydrogens (primary N) is 1. The number of rotatable bonds is 9. The van der Waals surface area contributed by atoms with E-state index in [1.54, 1.807) is 4.90 Å². The molecule has 0 unspecified atom stereocenters. The van der Waals surface area contributed by atoms with Gasteiger partial charge in [-0.1, -0.05) is 27.7 Å². The highest BCUT2D eigenvalue weighted by atomic mass is 16.2. The van der Waals surface area contributed by atoms with Crippen molar-refractivity contribution in [1.82, 2.24) is 10.2 Å². The van der Waals surface area contributed by atoms with Gasteiger partial charge in [0.15, 0.2) is 0 Å². The van der Waals surface area contributed by atoms with Crippen LogP contribution in [0.2, 0.25) is 0 Å². The van der Waals surface area contributed by atoms with Crippen LogP contribution in [0.3, 0.4) is 0 Å². The molecule has 0 saturated heterocycles. The van der Waals surface area contributed by atoms with Crippen LogP contribution in [-0.2, 0) is 9.59 Å². The summed E-state index contributed by atoms with van der Waals surface area (Å²) in [7, 11) is 0. The molecule has 0 heterocycles. The van der Waals surface area contributed by atoms with Gasteiger partial charge in [-0.05, 0) is 25.2 Å². The van der Waals surface area contributed by atoms with Crippen LogP contribution in [-0.4, -0.2) is 42.4 Å². The minimum atomic E-state index is -0.509. The van der Waals surface area contributed by atoms with Crippen molar-refractivity contribution in [1.29, 1.82) is 0 Å². The Bertz CT molecular complexity index is 280. The van der Waals surface area contributed by atoms with Crippen molar-refractivity contribution >= 4 is 11.8 Å². The smallest absolute Gasteiger partial charge is 0.239 e. The Morgan fingerprint density at radius 3 is 2.32 bits per heavy atom. The van der Waals surface area contributed by atoms with E-state index in [0.29, 0.717) is 25.4 Å². The number of hydrogen-bond acceptors (Lipinski definition) is 3. The summed E-state index contributed by atoms with van der Waals surface area (Å²) < 4.78 is 0. The molecule has 19 heavy (non-hydrogen) atoms. The lowest BCUT2D eigenvalue weighted by Gasteiger charge is -2.25. The van der Waals surface area contributed by atoms with Crippen molar-refractivity contribution in [2.24, 2.45) is 11.7 Å². The highest BCUT2D eigenvalue weighted by Crippen LogP contribution is 2.06. The molecule has 0 spiro atoms. The third-order valence-corrected chi connectivity index (χ3v) is 2.75. The van der Waals surface area contributed by atoms with Crippen LogP contribution in [0.1, 0.15) is 47.0 Å². The molecular formula is C14H29N3O2. The van der Waals surface area contributed by atoms with Gasteiger partial charge in [-0.2, -0.15) is 0 Å². The fourth-order valence-corrected chi connectivity index (χ4v) is 1.87. The number of nitrogens with one attached hydrogen (secondary N) is 1. The highest BCUT2D eigenvalue weighted by molar-refractivity contribution is 5.87. The second kappa shape index (κ2) is 9.78. The number of nitrogens with zero attached hydrogens (tertiary/aromatic N) is 1. The zero-order valence-electron chi connectivity index (χ0n) is 12.7. The van der Waals surface area contributed by atoms with E-state index in [2.05, 4.69) is 5.32 Å². The fraction of sp³-hybridized carbons (Fsp3) is 0.857. The van der Waals surface area contributed by atoms with Crippen LogP contribution < -0.4 is 11.1 Å². The first-order valence-corrected chi connectivity index (χ1v) is 7.23. The zero-order chi connectivity index (χ0) is 14.8. The molecular weight excluding hydrogens is 242 g/mol. The lowest BCUT2D eigenvalue weighted by Crippen LogP contribution is -2.48. The van der Waals surface area contributed by atoms with Crippen molar-refractivity contribution in [3.63, 3.8) is 0 Å². The summed E-state index contributed by atoms with van der Waals surface area (Å²) in [5.41, 5.74) is 5.90. The van der Waals surface area contributed by atoms with Crippen LogP contribution in [0.25, 0.3) is 0 Å². The third-order valence-electron chi connectivity index (χ3n) is 2.75. The molecule has 0 aromatic carbocycles. The summed E-state index contributed by atoms with van der Waals surface area (Å²) >= 11 is 0. The molecule has 0 aromatic rings. The molecule has 5 heteroatoms. The Labute approximate surface area is 116 Å². The molecule has 0 aromatic heterocycles. The Morgan fingerprint density at radius 2 is 1.84 bits per heavy atom. The van der Waals surface area contributed by atoms with Gasteiger partial charge < -0.3 is 16.0 Å². The largest absolute Gasteiger partial charge is 0.355 e. The van der Waals surface area contributed by atoms with Gasteiger partial charge in [0.2, 0.25) is 11.8 Å². The van der Waals surface area contributed by atoms with Crippen molar-refractivity contribution in [3.05, 3.63) is 0 Å². The molecule has 1 atom stereocenters. The van der Waals surface area contributed by atoms with Gasteiger partial charge in [0.1, 0.15) is 0 Å². The van der Waals surface area contributed by atoms with Crippen LogP contribution in [0.15, 0.2) is 0 Å². The van der Waals surface area contributed by atoms with Crippen LogP contribution in [0.4, 0.5) is 0 Å². The lowest BCUT2D eigenvalue weighted by molar-refractivity contribution is -0.137. The van der Waals surface area contributed by atoms with E-state index in [9.17, 15) is 9.59 Å². The van der Waals surface area contributed by atoms with Gasteiger partial charge in [0.05, 0.1) is 12.6 Å². The first-order valence-electron chi connectivity index (χ1n) is 7.23. The van der Waals surface area contributed by atoms with E-state index in [1.165, 1.54) is 0 Å². The van der Waals surface area contributed by atoms with E-state index in [0.717, 1.165) is 12.8 Å². The molecule has 112 valence electrons. The molecule has 0 aliphatic carbocycles. The topological polar surface area (TPSA) is 75.4 Å². The first-order chi connectivity index (χ1) is 8.92. The molecule has 0 saturated carbocycles. The van der Waals surface area contributed by atoms with Gasteiger partial charge in [-0.25, -0.2) is 0 Å². The number of hydrogen-bond donors (Lipinski definition) is 2. The van der Waals surface area contributed by atoms with Crippen LogP contribution in [0.5, 0.6) is 0 Å². The van der Waals surface area contributed by atoms with Gasteiger partial charge in [0.25, 0.3) is 0 Å². The fourth-order valence-electron chi connectivity index (χ4n) is 1.87. The first kappa shape index (κ1) is 17.9. The summed E-state index contributed by atoms with van der Waals surface area (Å²) in [6.45, 7) is 9.37. The minimum absolute atomic E-state index is 0.110. The van der Waals surface area contributed by atoms with Crippen molar-refractivity contribution in [3.8, 4) is 0 Å². The van der Waals surface area contributed by atoms with Crippen molar-refractivity contribution in [2.45, 2.75) is 53.0 Å². The molecule has 0 rings (SSSR count). The van der Waals surface area contributed by atoms with Crippen LogP contribution in [0, 0.1) is 5.92 Å². The quantitative estimate of drug-likeness (QED) is 0.660. The second-order valence-corrected chi connectivity index (χ2v) is 5.35. The molecule has 0 fully saturated rings. The van der Waals surface area contributed by atoms with E-state index >= 15 is 0 Å². The standard InChI is InChI=1S/C14H29N3O2/c1-5-7-16-13(18)10-17(8-6-2)14(19)12(15)9-11(3)4/h11-12H,5-10,15H2,1-4H3,(H,16,18)/t12-/m0/s1. The molecule has 5 nitrogen and oxygen atoms in total. The van der Waals surface area contributed by atoms with Crippen molar-refractivity contribution < 1.29 is 9.59 Å². The summed E-state index contributed by atoms with van der Waals surface area (Å²) in [5, 5.41) is 2.78. The number of carbonyl (C=O) groups is 2. The molecule has 0 radical (unpaired) electrons. The lowest BCUT2D eigenvalue weighted by atomic mass is 10.0. The van der Waals surface area contributed by atoms with E-state index in [-0.39, 0.29) is 18.4 Å². The average molecular weight is 271 g/mol. The average Bonchev–Trinajstić information content (AvgIpc) is 2.34. The molecule has 2 amide bonds. The van der Waals surface area contributed by atoms with Crippen molar-refractivity contribution in [2.75, 3.05) is 19.6 Å². The maximum absolute atomic E-state index is 12.2. The molecule has 0 aliphatic heterocycles. The summed E-state index contributed by atoms with van der Waals surface area (Å²) in [6, 6.07) is -0.509. The molecule has 3 N–H and O–H groups in total. The predicted octanol–water partition coefficient (Wildman–Crippen LogP) is 1.12. The number of amides is 2. The van der Waals surface area contributed by atoms with E-state index in [4.69, 9.17) is 5.73 Å². The summed E-state index contributed by atoms with van der Waals surface area (Å²) in [6.07, 6.45) is 2.36. The van der Waals surface area contributed by atoms with Gasteiger partial charge in [-0.15, -0.1) is 0 Å². The Hall–Kier alpha value is -1.10. The van der Waals surface area contributed by atoms with Gasteiger partial charge in [0, 0.05) is 13.1 Å². The third kappa shape index (κ3) is 7.82. The summed E-state index contributed by atoms with van der Waals surface area (Å²) in [5.74, 6) is 0.138. The normalized spacial score (nSPS) is 12.3. The maximum Gasteiger partial charge on any atom is 0.239 e. The Morgan fingerprint density at radius 1 is 1.21 bits per heavy atom. The Balaban J connectivity index is 4.44. The van der Waals surface area contributed by atoms with E-state index < -0.39 is 6.04 Å². The second-order valence-electron chi connectivity index (χ2n) is 5.35. The van der Waals surface area contributed by atoms with Crippen LogP contribution >= 0.6 is 0 Å². The monoisotopic (exact) mass is 271 g/mol. The van der Waals surface area contributed by atoms with E-state index in [1.807, 2.05) is 27.7 Å². The predicted molar refractivity (Wildman–Crippen MR) is 77.6 cm³/mol. The maximum atomic E-state index is 12.2.